The number of Topliss-reactive ketones (excluding diaryl/α,β-unsaturated/α-hetero) is 2. The van der Waals surface area contributed by atoms with Gasteiger partial charge in [-0.2, -0.15) is 0 Å². The summed E-state index contributed by atoms with van der Waals surface area (Å²) in [5.74, 6) is 1.95. The molecule has 0 N–H and O–H groups in total. The third-order valence-electron chi connectivity index (χ3n) is 4.80. The summed E-state index contributed by atoms with van der Waals surface area (Å²) < 4.78 is 0. The number of rotatable bonds is 13. The zero-order valence-corrected chi connectivity index (χ0v) is 15.8. The maximum atomic E-state index is 11.4. The number of carbonyl (C=O) groups excluding carboxylic acids is 2. The van der Waals surface area contributed by atoms with Crippen molar-refractivity contribution in [3.05, 3.63) is 0 Å². The molecule has 2 atom stereocenters. The molecule has 22 heavy (non-hydrogen) atoms. The Bertz CT molecular complexity index is 306. The van der Waals surface area contributed by atoms with Gasteiger partial charge in [-0.05, 0) is 44.4 Å². The van der Waals surface area contributed by atoms with Crippen molar-refractivity contribution in [1.29, 1.82) is 0 Å². The molecule has 0 spiro atoms. The largest absolute Gasteiger partial charge is 0.299 e. The third kappa shape index (κ3) is 11.0. The fourth-order valence-corrected chi connectivity index (χ4v) is 3.12. The maximum Gasteiger partial charge on any atom is 0.140 e. The van der Waals surface area contributed by atoms with E-state index in [1.165, 1.54) is 52.4 Å². The summed E-state index contributed by atoms with van der Waals surface area (Å²) in [4.78, 5) is 22.9. The van der Waals surface area contributed by atoms with Crippen molar-refractivity contribution >= 4 is 11.6 Å². The molecule has 0 rings (SSSR count). The van der Waals surface area contributed by atoms with Gasteiger partial charge in [0.15, 0.2) is 0 Å². The van der Waals surface area contributed by atoms with Crippen molar-refractivity contribution in [3.63, 3.8) is 0 Å². The summed E-state index contributed by atoms with van der Waals surface area (Å²) in [6.07, 6.45) is 9.58. The Hall–Kier alpha value is -0.660. The van der Waals surface area contributed by atoms with Crippen LogP contribution in [0.2, 0.25) is 0 Å². The molecule has 0 aromatic carbocycles. The Kier molecular flexibility index (Phi) is 11.5. The molecule has 0 aromatic heterocycles. The van der Waals surface area contributed by atoms with Gasteiger partial charge in [-0.1, -0.05) is 66.2 Å². The van der Waals surface area contributed by atoms with Gasteiger partial charge in [-0.15, -0.1) is 0 Å². The van der Waals surface area contributed by atoms with Crippen molar-refractivity contribution in [2.45, 2.75) is 92.9 Å². The Morgan fingerprint density at radius 3 is 1.45 bits per heavy atom. The molecule has 0 amide bonds. The van der Waals surface area contributed by atoms with Crippen LogP contribution < -0.4 is 0 Å². The van der Waals surface area contributed by atoms with Crippen LogP contribution in [0, 0.1) is 23.7 Å². The van der Waals surface area contributed by atoms with Crippen LogP contribution in [0.1, 0.15) is 92.9 Å². The van der Waals surface area contributed by atoms with E-state index in [-0.39, 0.29) is 17.5 Å². The average Bonchev–Trinajstić information content (AvgIpc) is 2.37. The van der Waals surface area contributed by atoms with Gasteiger partial charge in [0.25, 0.3) is 0 Å². The lowest BCUT2D eigenvalue weighted by atomic mass is 9.88. The van der Waals surface area contributed by atoms with Gasteiger partial charge in [-0.3, -0.25) is 9.59 Å². The lowest BCUT2D eigenvalue weighted by molar-refractivity contribution is -0.130. The Balaban J connectivity index is 3.78. The maximum absolute atomic E-state index is 11.4. The Morgan fingerprint density at radius 1 is 0.636 bits per heavy atom. The van der Waals surface area contributed by atoms with Crippen molar-refractivity contribution in [2.24, 2.45) is 23.7 Å². The van der Waals surface area contributed by atoms with E-state index in [2.05, 4.69) is 27.7 Å². The van der Waals surface area contributed by atoms with Crippen LogP contribution in [0.15, 0.2) is 0 Å². The fraction of sp³-hybridized carbons (Fsp3) is 0.900. The summed E-state index contributed by atoms with van der Waals surface area (Å²) in [6, 6.07) is 0. The summed E-state index contributed by atoms with van der Waals surface area (Å²) in [6.45, 7) is 12.3. The lowest BCUT2D eigenvalue weighted by Crippen LogP contribution is -2.20. The number of carbonyl (C=O) groups is 2. The highest BCUT2D eigenvalue weighted by Crippen LogP contribution is 2.22. The van der Waals surface area contributed by atoms with Gasteiger partial charge >= 0.3 is 0 Å². The molecule has 0 aliphatic heterocycles. The molecule has 2 unspecified atom stereocenters. The Morgan fingerprint density at radius 2 is 1.05 bits per heavy atom. The molecule has 0 radical (unpaired) electrons. The van der Waals surface area contributed by atoms with Gasteiger partial charge in [0.2, 0.25) is 0 Å². The first-order chi connectivity index (χ1) is 10.2. The fourth-order valence-electron chi connectivity index (χ4n) is 3.12. The van der Waals surface area contributed by atoms with Crippen LogP contribution in [-0.4, -0.2) is 11.6 Å². The molecule has 0 aliphatic carbocycles. The first-order valence-corrected chi connectivity index (χ1v) is 9.24. The van der Waals surface area contributed by atoms with Crippen LogP contribution >= 0.6 is 0 Å². The van der Waals surface area contributed by atoms with E-state index < -0.39 is 0 Å². The van der Waals surface area contributed by atoms with E-state index >= 15 is 0 Å². The zero-order valence-electron chi connectivity index (χ0n) is 15.8. The second-order valence-electron chi connectivity index (χ2n) is 7.82. The topological polar surface area (TPSA) is 34.1 Å². The first-order valence-electron chi connectivity index (χ1n) is 9.24. The van der Waals surface area contributed by atoms with Gasteiger partial charge < -0.3 is 0 Å². The molecular weight excluding hydrogens is 272 g/mol. The van der Waals surface area contributed by atoms with Gasteiger partial charge in [0.1, 0.15) is 11.6 Å². The minimum absolute atomic E-state index is 0.0264. The van der Waals surface area contributed by atoms with Crippen molar-refractivity contribution < 1.29 is 9.59 Å². The van der Waals surface area contributed by atoms with Gasteiger partial charge in [0, 0.05) is 0 Å². The summed E-state index contributed by atoms with van der Waals surface area (Å²) in [5.41, 5.74) is 0. The monoisotopic (exact) mass is 310 g/mol. The quantitative estimate of drug-likeness (QED) is 0.401. The standard InChI is InChI=1S/C20H38O2/c1-15(2)9-7-10-16(3)11-8-12-17(4)13-14-20(18(5)21)19(6)22/h15-17,20H,7-14H2,1-6H3. The predicted octanol–water partition coefficient (Wildman–Crippen LogP) is 5.83. The second kappa shape index (κ2) is 11.8. The summed E-state index contributed by atoms with van der Waals surface area (Å²) in [7, 11) is 0. The van der Waals surface area contributed by atoms with Gasteiger partial charge in [0.05, 0.1) is 5.92 Å². The third-order valence-corrected chi connectivity index (χ3v) is 4.80. The molecule has 130 valence electrons. The zero-order chi connectivity index (χ0) is 17.1. The predicted molar refractivity (Wildman–Crippen MR) is 95.0 cm³/mol. The number of hydrogen-bond acceptors (Lipinski definition) is 2. The van der Waals surface area contributed by atoms with Crippen LogP contribution in [0.5, 0.6) is 0 Å². The van der Waals surface area contributed by atoms with E-state index in [4.69, 9.17) is 0 Å². The van der Waals surface area contributed by atoms with Crippen LogP contribution in [0.4, 0.5) is 0 Å². The minimum atomic E-state index is -0.364. The summed E-state index contributed by atoms with van der Waals surface area (Å²) in [5, 5.41) is 0. The molecule has 2 nitrogen and oxygen atoms in total. The van der Waals surface area contributed by atoms with Crippen molar-refractivity contribution in [1.82, 2.24) is 0 Å². The second-order valence-corrected chi connectivity index (χ2v) is 7.82. The normalized spacial score (nSPS) is 14.4. The molecular formula is C20H38O2. The van der Waals surface area contributed by atoms with Crippen LogP contribution in [0.25, 0.3) is 0 Å². The van der Waals surface area contributed by atoms with E-state index in [0.29, 0.717) is 5.92 Å². The first kappa shape index (κ1) is 21.3. The highest BCUT2D eigenvalue weighted by atomic mass is 16.1. The SMILES string of the molecule is CC(=O)C(CCC(C)CCCC(C)CCCC(C)C)C(C)=O. The van der Waals surface area contributed by atoms with Gasteiger partial charge in [-0.25, -0.2) is 0 Å². The van der Waals surface area contributed by atoms with E-state index in [1.807, 2.05) is 0 Å². The van der Waals surface area contributed by atoms with E-state index in [1.54, 1.807) is 0 Å². The van der Waals surface area contributed by atoms with E-state index in [0.717, 1.165) is 24.7 Å². The molecule has 0 heterocycles. The highest BCUT2D eigenvalue weighted by molar-refractivity contribution is 6.00. The molecule has 0 saturated heterocycles. The Labute approximate surface area is 138 Å². The number of hydrogen-bond donors (Lipinski definition) is 0. The molecule has 0 aromatic rings. The van der Waals surface area contributed by atoms with Crippen LogP contribution in [-0.2, 0) is 9.59 Å². The molecule has 0 saturated carbocycles. The average molecular weight is 311 g/mol. The van der Waals surface area contributed by atoms with Crippen molar-refractivity contribution in [2.75, 3.05) is 0 Å². The molecule has 2 heteroatoms. The highest BCUT2D eigenvalue weighted by Gasteiger charge is 2.19. The molecule has 0 bridgehead atoms. The minimum Gasteiger partial charge on any atom is -0.299 e. The van der Waals surface area contributed by atoms with Crippen molar-refractivity contribution in [3.8, 4) is 0 Å². The summed E-state index contributed by atoms with van der Waals surface area (Å²) >= 11 is 0. The molecule has 0 aliphatic rings. The molecule has 0 fully saturated rings. The lowest BCUT2D eigenvalue weighted by Gasteiger charge is -2.16. The smallest absolute Gasteiger partial charge is 0.140 e. The van der Waals surface area contributed by atoms with E-state index in [9.17, 15) is 9.59 Å². The van der Waals surface area contributed by atoms with Crippen LogP contribution in [0.3, 0.4) is 0 Å². The number of ketones is 2.